The molecule has 0 spiro atoms. The molecule has 1 aromatic heterocycles. The van der Waals surface area contributed by atoms with Gasteiger partial charge in [0.1, 0.15) is 12.2 Å². The number of H-pyrrole nitrogens is 1. The molecule has 0 saturated carbocycles. The molecule has 0 amide bonds. The lowest BCUT2D eigenvalue weighted by molar-refractivity contribution is 0.637. The topological polar surface area (TPSA) is 53.6 Å². The Labute approximate surface area is 108 Å². The zero-order valence-electron chi connectivity index (χ0n) is 10.8. The molecule has 0 bridgehead atoms. The van der Waals surface area contributed by atoms with Crippen LogP contribution in [0.4, 0.5) is 0 Å². The van der Waals surface area contributed by atoms with Crippen LogP contribution in [0.3, 0.4) is 0 Å². The number of benzene rings is 1. The minimum atomic E-state index is 0.945. The van der Waals surface area contributed by atoms with E-state index in [1.165, 1.54) is 11.1 Å². The monoisotopic (exact) mass is 244 g/mol. The maximum absolute atomic E-state index is 4.10. The second-order valence-electron chi connectivity index (χ2n) is 4.33. The Bertz CT molecular complexity index is 451. The van der Waals surface area contributed by atoms with E-state index in [0.29, 0.717) is 0 Å². The third-order valence-electron chi connectivity index (χ3n) is 3.05. The number of aryl methyl sites for hydroxylation is 2. The molecular weight excluding hydrogens is 224 g/mol. The fourth-order valence-electron chi connectivity index (χ4n) is 2.03. The van der Waals surface area contributed by atoms with Crippen molar-refractivity contribution >= 4 is 0 Å². The number of nitrogens with one attached hydrogen (secondary N) is 2. The molecule has 4 nitrogen and oxygen atoms in total. The number of hydrogen-bond donors (Lipinski definition) is 2. The second-order valence-corrected chi connectivity index (χ2v) is 4.33. The SMILES string of the molecule is CCc1ccccc1CNCCCc1ncn[nH]1. The van der Waals surface area contributed by atoms with Gasteiger partial charge in [0.05, 0.1) is 0 Å². The van der Waals surface area contributed by atoms with E-state index in [1.807, 2.05) is 0 Å². The first-order chi connectivity index (χ1) is 8.90. The molecule has 0 saturated heterocycles. The molecule has 2 rings (SSSR count). The number of rotatable bonds is 7. The number of aromatic amines is 1. The summed E-state index contributed by atoms with van der Waals surface area (Å²) in [5.41, 5.74) is 2.83. The summed E-state index contributed by atoms with van der Waals surface area (Å²) in [6, 6.07) is 8.60. The van der Waals surface area contributed by atoms with Crippen LogP contribution in [0.1, 0.15) is 30.3 Å². The van der Waals surface area contributed by atoms with Gasteiger partial charge in [0.2, 0.25) is 0 Å². The molecule has 2 aromatic rings. The van der Waals surface area contributed by atoms with Crippen molar-refractivity contribution in [1.82, 2.24) is 20.5 Å². The third-order valence-corrected chi connectivity index (χ3v) is 3.05. The summed E-state index contributed by atoms with van der Waals surface area (Å²) in [7, 11) is 0. The number of nitrogens with zero attached hydrogens (tertiary/aromatic N) is 2. The molecule has 4 heteroatoms. The average Bonchev–Trinajstić information content (AvgIpc) is 2.92. The van der Waals surface area contributed by atoms with Crippen LogP contribution < -0.4 is 5.32 Å². The highest BCUT2D eigenvalue weighted by Crippen LogP contribution is 2.08. The highest BCUT2D eigenvalue weighted by atomic mass is 15.2. The van der Waals surface area contributed by atoms with E-state index in [0.717, 1.165) is 38.2 Å². The van der Waals surface area contributed by atoms with E-state index >= 15 is 0 Å². The van der Waals surface area contributed by atoms with E-state index in [4.69, 9.17) is 0 Å². The van der Waals surface area contributed by atoms with E-state index in [2.05, 4.69) is 51.7 Å². The first-order valence-corrected chi connectivity index (χ1v) is 6.52. The van der Waals surface area contributed by atoms with Gasteiger partial charge in [0.15, 0.2) is 0 Å². The minimum absolute atomic E-state index is 0.945. The van der Waals surface area contributed by atoms with Gasteiger partial charge in [0, 0.05) is 13.0 Å². The quantitative estimate of drug-likeness (QED) is 0.733. The van der Waals surface area contributed by atoms with E-state index in [9.17, 15) is 0 Å². The molecular formula is C14H20N4. The Morgan fingerprint density at radius 3 is 2.78 bits per heavy atom. The molecule has 0 atom stereocenters. The second kappa shape index (κ2) is 6.91. The van der Waals surface area contributed by atoms with Crippen LogP contribution in [0, 0.1) is 0 Å². The minimum Gasteiger partial charge on any atom is -0.313 e. The number of aromatic nitrogens is 3. The van der Waals surface area contributed by atoms with Crippen molar-refractivity contribution in [1.29, 1.82) is 0 Å². The predicted molar refractivity (Wildman–Crippen MR) is 72.2 cm³/mol. The highest BCUT2D eigenvalue weighted by Gasteiger charge is 1.99. The van der Waals surface area contributed by atoms with Crippen LogP contribution >= 0.6 is 0 Å². The van der Waals surface area contributed by atoms with Gasteiger partial charge in [-0.25, -0.2) is 4.98 Å². The van der Waals surface area contributed by atoms with Crippen molar-refractivity contribution < 1.29 is 0 Å². The summed E-state index contributed by atoms with van der Waals surface area (Å²) in [5, 5.41) is 10.2. The third kappa shape index (κ3) is 3.67. The van der Waals surface area contributed by atoms with Crippen LogP contribution in [-0.4, -0.2) is 21.7 Å². The molecule has 0 fully saturated rings. The first-order valence-electron chi connectivity index (χ1n) is 6.52. The first kappa shape index (κ1) is 12.8. The summed E-state index contributed by atoms with van der Waals surface area (Å²) < 4.78 is 0. The van der Waals surface area contributed by atoms with Gasteiger partial charge >= 0.3 is 0 Å². The molecule has 96 valence electrons. The molecule has 2 N–H and O–H groups in total. The summed E-state index contributed by atoms with van der Waals surface area (Å²) in [6.07, 6.45) is 4.67. The fourth-order valence-corrected chi connectivity index (χ4v) is 2.03. The van der Waals surface area contributed by atoms with Gasteiger partial charge in [-0.3, -0.25) is 5.10 Å². The average molecular weight is 244 g/mol. The normalized spacial score (nSPS) is 10.7. The number of hydrogen-bond acceptors (Lipinski definition) is 3. The van der Waals surface area contributed by atoms with Crippen molar-refractivity contribution in [3.63, 3.8) is 0 Å². The summed E-state index contributed by atoms with van der Waals surface area (Å²) in [4.78, 5) is 4.10. The molecule has 0 aliphatic heterocycles. The lowest BCUT2D eigenvalue weighted by Gasteiger charge is -2.08. The molecule has 1 heterocycles. The van der Waals surface area contributed by atoms with Gasteiger partial charge in [-0.05, 0) is 30.5 Å². The van der Waals surface area contributed by atoms with Crippen LogP contribution in [0.15, 0.2) is 30.6 Å². The lowest BCUT2D eigenvalue weighted by Crippen LogP contribution is -2.16. The maximum Gasteiger partial charge on any atom is 0.137 e. The Morgan fingerprint density at radius 1 is 1.22 bits per heavy atom. The van der Waals surface area contributed by atoms with E-state index in [-0.39, 0.29) is 0 Å². The summed E-state index contributed by atoms with van der Waals surface area (Å²) in [5.74, 6) is 0.964. The Kier molecular flexibility index (Phi) is 4.90. The van der Waals surface area contributed by atoms with Gasteiger partial charge in [0.25, 0.3) is 0 Å². The van der Waals surface area contributed by atoms with Crippen LogP contribution in [-0.2, 0) is 19.4 Å². The van der Waals surface area contributed by atoms with Crippen molar-refractivity contribution in [3.05, 3.63) is 47.5 Å². The van der Waals surface area contributed by atoms with Crippen molar-refractivity contribution in [2.24, 2.45) is 0 Å². The smallest absolute Gasteiger partial charge is 0.137 e. The molecule has 18 heavy (non-hydrogen) atoms. The summed E-state index contributed by atoms with van der Waals surface area (Å²) >= 11 is 0. The molecule has 0 unspecified atom stereocenters. The maximum atomic E-state index is 4.10. The molecule has 0 radical (unpaired) electrons. The van der Waals surface area contributed by atoms with E-state index in [1.54, 1.807) is 6.33 Å². The van der Waals surface area contributed by atoms with Crippen LogP contribution in [0.25, 0.3) is 0 Å². The molecule has 0 aliphatic carbocycles. The predicted octanol–water partition coefficient (Wildman–Crippen LogP) is 2.09. The van der Waals surface area contributed by atoms with Crippen LogP contribution in [0.5, 0.6) is 0 Å². The zero-order chi connectivity index (χ0) is 12.6. The van der Waals surface area contributed by atoms with Gasteiger partial charge < -0.3 is 5.32 Å². The van der Waals surface area contributed by atoms with E-state index < -0.39 is 0 Å². The lowest BCUT2D eigenvalue weighted by atomic mass is 10.1. The molecule has 1 aromatic carbocycles. The standard InChI is InChI=1S/C14H20N4/c1-2-12-6-3-4-7-13(12)10-15-9-5-8-14-16-11-17-18-14/h3-4,6-7,11,15H,2,5,8-10H2,1H3,(H,16,17,18). The fraction of sp³-hybridized carbons (Fsp3) is 0.429. The highest BCUT2D eigenvalue weighted by molar-refractivity contribution is 5.26. The van der Waals surface area contributed by atoms with Crippen LogP contribution in [0.2, 0.25) is 0 Å². The van der Waals surface area contributed by atoms with Gasteiger partial charge in [-0.2, -0.15) is 5.10 Å². The van der Waals surface area contributed by atoms with Gasteiger partial charge in [-0.1, -0.05) is 31.2 Å². The zero-order valence-corrected chi connectivity index (χ0v) is 10.8. The summed E-state index contributed by atoms with van der Waals surface area (Å²) in [6.45, 7) is 4.14. The largest absolute Gasteiger partial charge is 0.313 e. The van der Waals surface area contributed by atoms with Gasteiger partial charge in [-0.15, -0.1) is 0 Å². The Hall–Kier alpha value is -1.68. The molecule has 0 aliphatic rings. The van der Waals surface area contributed by atoms with Crippen molar-refractivity contribution in [2.75, 3.05) is 6.54 Å². The van der Waals surface area contributed by atoms with Crippen molar-refractivity contribution in [2.45, 2.75) is 32.7 Å². The Morgan fingerprint density at radius 2 is 2.06 bits per heavy atom. The van der Waals surface area contributed by atoms with Crippen molar-refractivity contribution in [3.8, 4) is 0 Å². The Balaban J connectivity index is 1.69.